The normalized spacial score (nSPS) is 14.9. The number of methoxy groups -OCH3 is 1. The Morgan fingerprint density at radius 3 is 2.40 bits per heavy atom. The zero-order chi connectivity index (χ0) is 33.6. The first kappa shape index (κ1) is 38.0. The van der Waals surface area contributed by atoms with Crippen molar-refractivity contribution >= 4 is 15.9 Å². The summed E-state index contributed by atoms with van der Waals surface area (Å²) in [6.45, 7) is 8.88. The number of hydrogen-bond donors (Lipinski definition) is 4. The Morgan fingerprint density at radius 2 is 1.80 bits per heavy atom. The average Bonchev–Trinajstić information content (AvgIpc) is 2.99. The molecule has 2 rings (SSSR count). The zero-order valence-corrected chi connectivity index (χ0v) is 28.0. The van der Waals surface area contributed by atoms with E-state index in [2.05, 4.69) is 10.0 Å². The lowest BCUT2D eigenvalue weighted by atomic mass is 9.87. The lowest BCUT2D eigenvalue weighted by molar-refractivity contribution is -0.128. The fourth-order valence-corrected chi connectivity index (χ4v) is 5.09. The van der Waals surface area contributed by atoms with E-state index in [9.17, 15) is 22.7 Å². The summed E-state index contributed by atoms with van der Waals surface area (Å²) in [6.07, 6.45) is 2.73. The van der Waals surface area contributed by atoms with Crippen LogP contribution in [-0.2, 0) is 30.9 Å². The van der Waals surface area contributed by atoms with E-state index in [4.69, 9.17) is 19.9 Å². The number of nitrogens with one attached hydrogen (secondary N) is 2. The molecule has 0 bridgehead atoms. The Bertz CT molecular complexity index is 1340. The van der Waals surface area contributed by atoms with Gasteiger partial charge in [0.2, 0.25) is 15.9 Å². The van der Waals surface area contributed by atoms with E-state index in [0.29, 0.717) is 25.4 Å². The molecule has 0 radical (unpaired) electrons. The number of hydrogen-bond acceptors (Lipinski definition) is 8. The van der Waals surface area contributed by atoms with Gasteiger partial charge in [-0.15, -0.1) is 0 Å². The van der Waals surface area contributed by atoms with E-state index in [-0.39, 0.29) is 48.8 Å². The van der Waals surface area contributed by atoms with Crippen LogP contribution in [0.25, 0.3) is 11.1 Å². The molecule has 0 heterocycles. The van der Waals surface area contributed by atoms with Gasteiger partial charge >= 0.3 is 0 Å². The van der Waals surface area contributed by atoms with Gasteiger partial charge in [0.05, 0.1) is 24.7 Å². The van der Waals surface area contributed by atoms with Gasteiger partial charge in [0.25, 0.3) is 0 Å². The van der Waals surface area contributed by atoms with Crippen molar-refractivity contribution in [1.29, 1.82) is 0 Å². The number of aliphatic hydroxyl groups excluding tert-OH is 1. The van der Waals surface area contributed by atoms with Crippen LogP contribution in [0.3, 0.4) is 0 Å². The fourth-order valence-electron chi connectivity index (χ4n) is 4.61. The average molecular weight is 652 g/mol. The lowest BCUT2D eigenvalue weighted by Crippen LogP contribution is -2.49. The molecule has 4 atom stereocenters. The third-order valence-electron chi connectivity index (χ3n) is 7.65. The number of ether oxygens (including phenoxy) is 3. The van der Waals surface area contributed by atoms with Crippen LogP contribution in [0.4, 0.5) is 4.39 Å². The summed E-state index contributed by atoms with van der Waals surface area (Å²) in [6, 6.07) is 11.4. The van der Waals surface area contributed by atoms with Crippen LogP contribution in [-0.4, -0.2) is 64.7 Å². The molecular weight excluding hydrogens is 601 g/mol. The Morgan fingerprint density at radius 1 is 1.11 bits per heavy atom. The predicted octanol–water partition coefficient (Wildman–Crippen LogP) is 4.33. The highest BCUT2D eigenvalue weighted by molar-refractivity contribution is 7.88. The molecule has 0 aliphatic carbocycles. The standard InChI is InChI=1S/C33H50FN3O7S/c1-7-23(4)30(19-36-45(6,40)41)37-33(39)28(22(2)3)18-31(38)29(35)21-43-20-24-9-14-27(25-10-12-26(34)13-11-25)32(17-24)44-16-8-15-42-5/h9-14,17,21-23,28,30-31,36,38H,7-8,15-16,18-20,35H2,1-6H3,(H,37,39)/b29-21+/t23-,28-,30+,31-/m0/s1. The molecular formula is C33H50FN3O7S. The van der Waals surface area contributed by atoms with Crippen molar-refractivity contribution in [2.45, 2.75) is 65.7 Å². The second kappa shape index (κ2) is 18.7. The molecule has 12 heteroatoms. The number of carbonyl (C=O) groups is 1. The number of nitrogens with two attached hydrogens (primary N) is 1. The SMILES string of the molecule is CC[C@H](C)[C@@H](CNS(C)(=O)=O)NC(=O)[C@@H](C[C@H](O)/C(N)=C\OCc1ccc(-c2ccc(F)cc2)c(OCCCOC)c1)C(C)C. The quantitative estimate of drug-likeness (QED) is 0.122. The van der Waals surface area contributed by atoms with Crippen LogP contribution in [0.2, 0.25) is 0 Å². The zero-order valence-electron chi connectivity index (χ0n) is 27.2. The summed E-state index contributed by atoms with van der Waals surface area (Å²) in [4.78, 5) is 13.3. The van der Waals surface area contributed by atoms with E-state index in [1.54, 1.807) is 19.2 Å². The van der Waals surface area contributed by atoms with Gasteiger partial charge in [-0.1, -0.05) is 58.4 Å². The molecule has 0 unspecified atom stereocenters. The molecule has 0 aromatic heterocycles. The van der Waals surface area contributed by atoms with Gasteiger partial charge in [0.1, 0.15) is 24.4 Å². The van der Waals surface area contributed by atoms with E-state index in [1.807, 2.05) is 45.9 Å². The third kappa shape index (κ3) is 13.4. The molecule has 0 fully saturated rings. The summed E-state index contributed by atoms with van der Waals surface area (Å²) in [5, 5.41) is 13.8. The van der Waals surface area contributed by atoms with Gasteiger partial charge in [-0.2, -0.15) is 0 Å². The molecule has 0 aliphatic rings. The van der Waals surface area contributed by atoms with E-state index in [1.165, 1.54) is 18.4 Å². The van der Waals surface area contributed by atoms with Crippen LogP contribution in [0, 0.1) is 23.6 Å². The highest BCUT2D eigenvalue weighted by Gasteiger charge is 2.29. The van der Waals surface area contributed by atoms with Gasteiger partial charge in [0.15, 0.2) is 0 Å². The topological polar surface area (TPSA) is 149 Å². The van der Waals surface area contributed by atoms with Crippen molar-refractivity contribution < 1.29 is 36.9 Å². The maximum Gasteiger partial charge on any atom is 0.223 e. The van der Waals surface area contributed by atoms with Crippen molar-refractivity contribution in [1.82, 2.24) is 10.0 Å². The Hall–Kier alpha value is -3.19. The number of amides is 1. The second-order valence-electron chi connectivity index (χ2n) is 11.7. The van der Waals surface area contributed by atoms with E-state index in [0.717, 1.165) is 29.4 Å². The molecule has 1 amide bonds. The van der Waals surface area contributed by atoms with Gasteiger partial charge < -0.3 is 30.4 Å². The Balaban J connectivity index is 2.08. The number of sulfonamides is 1. The van der Waals surface area contributed by atoms with Gasteiger partial charge in [-0.25, -0.2) is 17.5 Å². The van der Waals surface area contributed by atoms with Crippen molar-refractivity contribution in [3.8, 4) is 16.9 Å². The lowest BCUT2D eigenvalue weighted by Gasteiger charge is -2.29. The molecule has 0 aliphatic heterocycles. The van der Waals surface area contributed by atoms with Crippen molar-refractivity contribution in [2.24, 2.45) is 23.5 Å². The maximum atomic E-state index is 13.5. The maximum absolute atomic E-state index is 13.5. The van der Waals surface area contributed by atoms with E-state index < -0.39 is 28.1 Å². The summed E-state index contributed by atoms with van der Waals surface area (Å²) < 4.78 is 56.0. The first-order valence-corrected chi connectivity index (χ1v) is 17.2. The fraction of sp³-hybridized carbons (Fsp3) is 0.545. The number of aliphatic hydroxyl groups is 1. The number of halogens is 1. The number of rotatable bonds is 20. The summed E-state index contributed by atoms with van der Waals surface area (Å²) in [5.74, 6) is -0.651. The van der Waals surface area contributed by atoms with Crippen LogP contribution in [0.5, 0.6) is 5.75 Å². The van der Waals surface area contributed by atoms with Crippen molar-refractivity contribution in [3.05, 3.63) is 65.8 Å². The van der Waals surface area contributed by atoms with Crippen molar-refractivity contribution in [2.75, 3.05) is 33.1 Å². The summed E-state index contributed by atoms with van der Waals surface area (Å²) >= 11 is 0. The van der Waals surface area contributed by atoms with E-state index >= 15 is 0 Å². The molecule has 5 N–H and O–H groups in total. The molecule has 0 saturated heterocycles. The minimum Gasteiger partial charge on any atom is -0.495 e. The monoisotopic (exact) mass is 651 g/mol. The predicted molar refractivity (Wildman–Crippen MR) is 174 cm³/mol. The molecule has 10 nitrogen and oxygen atoms in total. The highest BCUT2D eigenvalue weighted by atomic mass is 32.2. The van der Waals surface area contributed by atoms with Gasteiger partial charge in [0, 0.05) is 44.2 Å². The Labute approximate surface area is 267 Å². The van der Waals surface area contributed by atoms with Crippen LogP contribution < -0.4 is 20.5 Å². The van der Waals surface area contributed by atoms with Gasteiger partial charge in [-0.3, -0.25) is 4.79 Å². The van der Waals surface area contributed by atoms with Crippen molar-refractivity contribution in [3.63, 3.8) is 0 Å². The smallest absolute Gasteiger partial charge is 0.223 e. The molecule has 45 heavy (non-hydrogen) atoms. The van der Waals surface area contributed by atoms with Crippen LogP contribution in [0.1, 0.15) is 52.5 Å². The second-order valence-corrected chi connectivity index (χ2v) is 13.5. The molecule has 252 valence electrons. The summed E-state index contributed by atoms with van der Waals surface area (Å²) in [7, 11) is -1.79. The van der Waals surface area contributed by atoms with Gasteiger partial charge in [-0.05, 0) is 47.6 Å². The number of carbonyl (C=O) groups excluding carboxylic acids is 1. The first-order valence-electron chi connectivity index (χ1n) is 15.3. The molecule has 2 aromatic carbocycles. The minimum absolute atomic E-state index is 0.0281. The minimum atomic E-state index is -3.42. The molecule has 0 spiro atoms. The molecule has 0 saturated carbocycles. The highest BCUT2D eigenvalue weighted by Crippen LogP contribution is 2.32. The first-order chi connectivity index (χ1) is 21.2. The molecule has 2 aromatic rings. The summed E-state index contributed by atoms with van der Waals surface area (Å²) in [5.41, 5.74) is 8.63. The number of benzene rings is 2. The van der Waals surface area contributed by atoms with Crippen LogP contribution >= 0.6 is 0 Å². The Kier molecular flexibility index (Phi) is 15.8. The van der Waals surface area contributed by atoms with Crippen LogP contribution in [0.15, 0.2) is 54.4 Å². The third-order valence-corrected chi connectivity index (χ3v) is 8.34. The largest absolute Gasteiger partial charge is 0.495 e.